The number of aliphatic hydroxyl groups is 1. The van der Waals surface area contributed by atoms with Crippen LogP contribution < -0.4 is 0 Å². The second-order valence-electron chi connectivity index (χ2n) is 2.61. The number of sulfonamides is 1. The van der Waals surface area contributed by atoms with E-state index in [1.54, 1.807) is 6.92 Å². The predicted molar refractivity (Wildman–Crippen MR) is 50.1 cm³/mol. The predicted octanol–water partition coefficient (Wildman–Crippen LogP) is -1.20. The van der Waals surface area contributed by atoms with Gasteiger partial charge in [0.15, 0.2) is 5.75 Å². The molecule has 0 aromatic heterocycles. The molecule has 6 nitrogen and oxygen atoms in total. The number of likely N-dealkylation sites (N-methyl/N-ethyl adjacent to an activating group) is 1. The highest BCUT2D eigenvalue weighted by Crippen LogP contribution is 1.98. The highest BCUT2D eigenvalue weighted by Gasteiger charge is 2.22. The van der Waals surface area contributed by atoms with Crippen LogP contribution in [0.15, 0.2) is 0 Å². The van der Waals surface area contributed by atoms with Gasteiger partial charge in [-0.1, -0.05) is 0 Å². The first-order valence-electron chi connectivity index (χ1n) is 4.14. The van der Waals surface area contributed by atoms with Gasteiger partial charge in [0.2, 0.25) is 10.0 Å². The maximum absolute atomic E-state index is 11.3. The molecular formula is C7H15NO5S. The Labute approximate surface area is 83.5 Å². The molecule has 0 aromatic carbocycles. The lowest BCUT2D eigenvalue weighted by Gasteiger charge is -2.14. The summed E-state index contributed by atoms with van der Waals surface area (Å²) in [6.07, 6.45) is 0. The lowest BCUT2D eigenvalue weighted by Crippen LogP contribution is -2.34. The first-order valence-corrected chi connectivity index (χ1v) is 5.75. The maximum atomic E-state index is 11.3. The largest absolute Gasteiger partial charge is 0.465 e. The number of hydrogen-bond donors (Lipinski definition) is 1. The van der Waals surface area contributed by atoms with Crippen molar-refractivity contribution in [1.29, 1.82) is 0 Å². The molecule has 0 atom stereocenters. The molecule has 0 heterocycles. The summed E-state index contributed by atoms with van der Waals surface area (Å²) in [5.41, 5.74) is 0. The number of nitrogens with zero attached hydrogens (tertiary/aromatic N) is 1. The van der Waals surface area contributed by atoms with Crippen molar-refractivity contribution in [2.45, 2.75) is 6.92 Å². The van der Waals surface area contributed by atoms with Gasteiger partial charge in [0.25, 0.3) is 0 Å². The van der Waals surface area contributed by atoms with Crippen molar-refractivity contribution in [3.8, 4) is 0 Å². The summed E-state index contributed by atoms with van der Waals surface area (Å²) >= 11 is 0. The molecule has 14 heavy (non-hydrogen) atoms. The van der Waals surface area contributed by atoms with Crippen LogP contribution in [0.2, 0.25) is 0 Å². The fourth-order valence-electron chi connectivity index (χ4n) is 0.742. The van der Waals surface area contributed by atoms with Gasteiger partial charge in [0.05, 0.1) is 13.2 Å². The second-order valence-corrected chi connectivity index (χ2v) is 4.68. The van der Waals surface area contributed by atoms with E-state index in [0.717, 1.165) is 4.31 Å². The van der Waals surface area contributed by atoms with Gasteiger partial charge in [0.1, 0.15) is 0 Å². The number of aliphatic hydroxyl groups excluding tert-OH is 1. The fraction of sp³-hybridized carbons (Fsp3) is 0.857. The average Bonchev–Trinajstić information content (AvgIpc) is 2.03. The van der Waals surface area contributed by atoms with Gasteiger partial charge in [-0.3, -0.25) is 4.79 Å². The van der Waals surface area contributed by atoms with Crippen LogP contribution in [0.5, 0.6) is 0 Å². The third-order valence-electron chi connectivity index (χ3n) is 1.50. The quantitative estimate of drug-likeness (QED) is 0.574. The number of carbonyl (C=O) groups is 1. The van der Waals surface area contributed by atoms with E-state index in [-0.39, 0.29) is 19.8 Å². The second kappa shape index (κ2) is 5.94. The molecule has 1 N–H and O–H groups in total. The van der Waals surface area contributed by atoms with Gasteiger partial charge in [-0.25, -0.2) is 12.7 Å². The topological polar surface area (TPSA) is 83.9 Å². The molecule has 0 aliphatic heterocycles. The monoisotopic (exact) mass is 225 g/mol. The summed E-state index contributed by atoms with van der Waals surface area (Å²) in [7, 11) is -2.35. The highest BCUT2D eigenvalue weighted by molar-refractivity contribution is 7.89. The maximum Gasteiger partial charge on any atom is 0.322 e. The van der Waals surface area contributed by atoms with Crippen LogP contribution >= 0.6 is 0 Å². The Hall–Kier alpha value is -0.660. The van der Waals surface area contributed by atoms with Gasteiger partial charge in [-0.2, -0.15) is 0 Å². The van der Waals surface area contributed by atoms with Crippen molar-refractivity contribution >= 4 is 16.0 Å². The normalized spacial score (nSPS) is 11.7. The van der Waals surface area contributed by atoms with Crippen molar-refractivity contribution in [3.63, 3.8) is 0 Å². The van der Waals surface area contributed by atoms with Gasteiger partial charge in [0, 0.05) is 13.6 Å². The Bertz CT molecular complexity index is 274. The molecule has 0 aromatic rings. The first kappa shape index (κ1) is 13.3. The lowest BCUT2D eigenvalue weighted by molar-refractivity contribution is -0.140. The number of rotatable bonds is 6. The summed E-state index contributed by atoms with van der Waals surface area (Å²) in [6, 6.07) is 0. The third kappa shape index (κ3) is 4.54. The van der Waals surface area contributed by atoms with Crippen LogP contribution in [0.3, 0.4) is 0 Å². The number of carbonyl (C=O) groups excluding carboxylic acids is 1. The zero-order valence-electron chi connectivity index (χ0n) is 8.26. The van der Waals surface area contributed by atoms with Crippen LogP contribution in [0.1, 0.15) is 6.92 Å². The minimum absolute atomic E-state index is 0.0261. The van der Waals surface area contributed by atoms with E-state index in [2.05, 4.69) is 4.74 Å². The SMILES string of the molecule is CCOC(=O)CS(=O)(=O)N(C)CCO. The van der Waals surface area contributed by atoms with Crippen molar-refractivity contribution in [1.82, 2.24) is 4.31 Å². The molecule has 0 rings (SSSR count). The minimum atomic E-state index is -3.65. The molecule has 0 aliphatic rings. The van der Waals surface area contributed by atoms with Gasteiger partial charge in [-0.05, 0) is 6.92 Å². The smallest absolute Gasteiger partial charge is 0.322 e. The highest BCUT2D eigenvalue weighted by atomic mass is 32.2. The lowest BCUT2D eigenvalue weighted by atomic mass is 10.7. The molecule has 0 spiro atoms. The summed E-state index contributed by atoms with van der Waals surface area (Å²) in [6.45, 7) is 1.44. The van der Waals surface area contributed by atoms with Crippen LogP contribution in [0, 0.1) is 0 Å². The molecule has 0 fully saturated rings. The molecule has 0 radical (unpaired) electrons. The molecule has 0 unspecified atom stereocenters. The Balaban J connectivity index is 4.27. The van der Waals surface area contributed by atoms with Gasteiger partial charge >= 0.3 is 5.97 Å². The molecule has 0 aliphatic carbocycles. The third-order valence-corrected chi connectivity index (χ3v) is 3.23. The van der Waals surface area contributed by atoms with Crippen molar-refractivity contribution in [3.05, 3.63) is 0 Å². The molecule has 0 saturated heterocycles. The van der Waals surface area contributed by atoms with E-state index in [1.165, 1.54) is 7.05 Å². The van der Waals surface area contributed by atoms with Crippen LogP contribution in [-0.2, 0) is 19.6 Å². The van der Waals surface area contributed by atoms with Crippen LogP contribution in [-0.4, -0.2) is 56.4 Å². The summed E-state index contributed by atoms with van der Waals surface area (Å²) < 4.78 is 28.1. The minimum Gasteiger partial charge on any atom is -0.465 e. The number of ether oxygens (including phenoxy) is 1. The number of hydrogen-bond acceptors (Lipinski definition) is 5. The molecule has 84 valence electrons. The molecule has 0 amide bonds. The standard InChI is InChI=1S/C7H15NO5S/c1-3-13-7(10)6-14(11,12)8(2)4-5-9/h9H,3-6H2,1-2H3. The van der Waals surface area contributed by atoms with Gasteiger partial charge < -0.3 is 9.84 Å². The van der Waals surface area contributed by atoms with Crippen molar-refractivity contribution in [2.24, 2.45) is 0 Å². The molecule has 0 bridgehead atoms. The van der Waals surface area contributed by atoms with Crippen molar-refractivity contribution in [2.75, 3.05) is 32.6 Å². The van der Waals surface area contributed by atoms with E-state index in [4.69, 9.17) is 5.11 Å². The van der Waals surface area contributed by atoms with E-state index < -0.39 is 21.7 Å². The molecular weight excluding hydrogens is 210 g/mol. The Morgan fingerprint density at radius 2 is 2.07 bits per heavy atom. The number of esters is 1. The van der Waals surface area contributed by atoms with Crippen molar-refractivity contribution < 1.29 is 23.1 Å². The van der Waals surface area contributed by atoms with E-state index in [0.29, 0.717) is 0 Å². The average molecular weight is 225 g/mol. The zero-order chi connectivity index (χ0) is 11.2. The molecule has 0 saturated carbocycles. The Morgan fingerprint density at radius 3 is 2.50 bits per heavy atom. The first-order chi connectivity index (χ1) is 6.44. The van der Waals surface area contributed by atoms with E-state index in [9.17, 15) is 13.2 Å². The summed E-state index contributed by atoms with van der Waals surface area (Å²) in [5.74, 6) is -1.46. The Kier molecular flexibility index (Phi) is 5.66. The Morgan fingerprint density at radius 1 is 1.50 bits per heavy atom. The zero-order valence-corrected chi connectivity index (χ0v) is 9.08. The van der Waals surface area contributed by atoms with E-state index >= 15 is 0 Å². The summed E-state index contributed by atoms with van der Waals surface area (Å²) in [4.78, 5) is 10.9. The fourth-order valence-corrected chi connectivity index (χ4v) is 1.70. The summed E-state index contributed by atoms with van der Waals surface area (Å²) in [5, 5.41) is 8.52. The van der Waals surface area contributed by atoms with Crippen LogP contribution in [0.4, 0.5) is 0 Å². The molecule has 7 heteroatoms. The van der Waals surface area contributed by atoms with Crippen LogP contribution in [0.25, 0.3) is 0 Å². The van der Waals surface area contributed by atoms with E-state index in [1.807, 2.05) is 0 Å². The van der Waals surface area contributed by atoms with Gasteiger partial charge in [-0.15, -0.1) is 0 Å².